The Kier molecular flexibility index (Phi) is 8.92. The summed E-state index contributed by atoms with van der Waals surface area (Å²) in [6, 6.07) is 1.33. The van der Waals surface area contributed by atoms with E-state index in [1.54, 1.807) is 0 Å². The van der Waals surface area contributed by atoms with Crippen molar-refractivity contribution in [3.63, 3.8) is 0 Å². The van der Waals surface area contributed by atoms with E-state index in [-0.39, 0.29) is 32.4 Å². The van der Waals surface area contributed by atoms with Gasteiger partial charge >= 0.3 is 11.9 Å². The molecule has 0 heterocycles. The van der Waals surface area contributed by atoms with E-state index >= 15 is 0 Å². The van der Waals surface area contributed by atoms with Crippen LogP contribution < -0.4 is 4.74 Å². The molecule has 0 unspecified atom stereocenters. The van der Waals surface area contributed by atoms with Gasteiger partial charge < -0.3 is 9.47 Å². The van der Waals surface area contributed by atoms with E-state index in [2.05, 4.69) is 13.8 Å². The Labute approximate surface area is 160 Å². The first-order valence-electron chi connectivity index (χ1n) is 7.12. The van der Waals surface area contributed by atoms with Crippen molar-refractivity contribution in [3.05, 3.63) is 38.3 Å². The van der Waals surface area contributed by atoms with Crippen molar-refractivity contribution in [1.82, 2.24) is 0 Å². The van der Waals surface area contributed by atoms with Gasteiger partial charge in [-0.25, -0.2) is 9.59 Å². The van der Waals surface area contributed by atoms with E-state index in [1.807, 2.05) is 0 Å². The molecule has 8 heteroatoms. The molecule has 0 spiro atoms. The maximum atomic E-state index is 11.7. The predicted molar refractivity (Wildman–Crippen MR) is 96.3 cm³/mol. The van der Waals surface area contributed by atoms with Crippen LogP contribution >= 0.6 is 46.4 Å². The third kappa shape index (κ3) is 6.89. The average Bonchev–Trinajstić information content (AvgIpc) is 2.51. The predicted octanol–water partition coefficient (Wildman–Crippen LogP) is 5.74. The van der Waals surface area contributed by atoms with Gasteiger partial charge in [0.05, 0.1) is 16.7 Å². The molecule has 24 heavy (non-hydrogen) atoms. The fourth-order valence-corrected chi connectivity index (χ4v) is 2.49. The van der Waals surface area contributed by atoms with Gasteiger partial charge in [-0.3, -0.25) is 0 Å². The van der Waals surface area contributed by atoms with Crippen LogP contribution in [-0.2, 0) is 14.3 Å². The molecular formula is C16H16Cl4O4. The van der Waals surface area contributed by atoms with Crippen molar-refractivity contribution in [3.8, 4) is 5.75 Å². The highest BCUT2D eigenvalue weighted by Gasteiger charge is 2.17. The van der Waals surface area contributed by atoms with Crippen LogP contribution in [0.5, 0.6) is 5.75 Å². The molecule has 0 aliphatic rings. The van der Waals surface area contributed by atoms with E-state index in [4.69, 9.17) is 55.9 Å². The van der Waals surface area contributed by atoms with Crippen LogP contribution in [0.25, 0.3) is 0 Å². The van der Waals surface area contributed by atoms with Gasteiger partial charge in [0.15, 0.2) is 5.75 Å². The normalized spacial score (nSPS) is 11.1. The van der Waals surface area contributed by atoms with Gasteiger partial charge in [-0.2, -0.15) is 0 Å². The molecule has 0 radical (unpaired) electrons. The van der Waals surface area contributed by atoms with E-state index < -0.39 is 11.9 Å². The number of carbonyl (C=O) groups is 2. The lowest BCUT2D eigenvalue weighted by atomic mass is 10.1. The molecule has 0 N–H and O–H groups in total. The number of ether oxygens (including phenoxy) is 2. The fourth-order valence-electron chi connectivity index (χ4n) is 1.62. The highest BCUT2D eigenvalue weighted by atomic mass is 35.5. The Balaban J connectivity index is 2.59. The van der Waals surface area contributed by atoms with Crippen molar-refractivity contribution in [2.24, 2.45) is 5.92 Å². The third-order valence-electron chi connectivity index (χ3n) is 2.80. The molecule has 132 valence electrons. The summed E-state index contributed by atoms with van der Waals surface area (Å²) in [5.41, 5.74) is 0. The van der Waals surface area contributed by atoms with Gasteiger partial charge in [-0.15, -0.1) is 0 Å². The van der Waals surface area contributed by atoms with Crippen LogP contribution in [0, 0.1) is 5.92 Å². The zero-order valence-electron chi connectivity index (χ0n) is 13.1. The van der Waals surface area contributed by atoms with Gasteiger partial charge in [0.1, 0.15) is 10.0 Å². The molecule has 0 bridgehead atoms. The van der Waals surface area contributed by atoms with Crippen LogP contribution in [0.3, 0.4) is 0 Å². The second-order valence-corrected chi connectivity index (χ2v) is 6.83. The van der Waals surface area contributed by atoms with Crippen molar-refractivity contribution < 1.29 is 19.1 Å². The van der Waals surface area contributed by atoms with Crippen LogP contribution in [-0.4, -0.2) is 18.5 Å². The SMILES string of the molecule is CC(C)CCCOC(=O)/C=C/C(=O)Oc1c(Cl)c(Cl)cc(Cl)c1Cl. The third-order valence-corrected chi connectivity index (χ3v) is 4.34. The van der Waals surface area contributed by atoms with E-state index in [0.29, 0.717) is 5.92 Å². The molecule has 0 aromatic heterocycles. The fraction of sp³-hybridized carbons (Fsp3) is 0.375. The Morgan fingerprint density at radius 1 is 1.04 bits per heavy atom. The quantitative estimate of drug-likeness (QED) is 0.188. The Morgan fingerprint density at radius 2 is 1.58 bits per heavy atom. The molecule has 4 nitrogen and oxygen atoms in total. The molecule has 1 rings (SSSR count). The highest BCUT2D eigenvalue weighted by Crippen LogP contribution is 2.42. The molecule has 0 amide bonds. The minimum Gasteiger partial charge on any atom is -0.463 e. The smallest absolute Gasteiger partial charge is 0.336 e. The summed E-state index contributed by atoms with van der Waals surface area (Å²) in [6.45, 7) is 4.45. The molecule has 0 saturated heterocycles. The summed E-state index contributed by atoms with van der Waals surface area (Å²) in [7, 11) is 0. The summed E-state index contributed by atoms with van der Waals surface area (Å²) >= 11 is 23.5. The van der Waals surface area contributed by atoms with E-state index in [9.17, 15) is 9.59 Å². The van der Waals surface area contributed by atoms with Crippen molar-refractivity contribution >= 4 is 58.3 Å². The van der Waals surface area contributed by atoms with Crippen LogP contribution in [0.15, 0.2) is 18.2 Å². The monoisotopic (exact) mass is 412 g/mol. The molecule has 0 atom stereocenters. The maximum Gasteiger partial charge on any atom is 0.336 e. The number of rotatable bonds is 7. The van der Waals surface area contributed by atoms with Crippen LogP contribution in [0.1, 0.15) is 26.7 Å². The Bertz CT molecular complexity index is 615. The Morgan fingerprint density at radius 3 is 2.12 bits per heavy atom. The van der Waals surface area contributed by atoms with E-state index in [1.165, 1.54) is 6.07 Å². The maximum absolute atomic E-state index is 11.7. The molecule has 0 fully saturated rings. The van der Waals surface area contributed by atoms with Crippen molar-refractivity contribution in [2.45, 2.75) is 26.7 Å². The topological polar surface area (TPSA) is 52.6 Å². The van der Waals surface area contributed by atoms with Crippen LogP contribution in [0.4, 0.5) is 0 Å². The minimum atomic E-state index is -0.865. The summed E-state index contributed by atoms with van der Waals surface area (Å²) in [5, 5.41) is 0.0676. The number of esters is 2. The average molecular weight is 414 g/mol. The molecular weight excluding hydrogens is 398 g/mol. The zero-order chi connectivity index (χ0) is 18.3. The summed E-state index contributed by atoms with van der Waals surface area (Å²) in [4.78, 5) is 23.2. The molecule has 0 aliphatic heterocycles. The van der Waals surface area contributed by atoms with E-state index in [0.717, 1.165) is 25.0 Å². The molecule has 0 saturated carbocycles. The first-order valence-corrected chi connectivity index (χ1v) is 8.63. The van der Waals surface area contributed by atoms with Crippen molar-refractivity contribution in [2.75, 3.05) is 6.61 Å². The van der Waals surface area contributed by atoms with Gasteiger partial charge in [-0.1, -0.05) is 60.3 Å². The summed E-state index contributed by atoms with van der Waals surface area (Å²) < 4.78 is 9.93. The number of benzene rings is 1. The van der Waals surface area contributed by atoms with Crippen LogP contribution in [0.2, 0.25) is 20.1 Å². The van der Waals surface area contributed by atoms with Gasteiger partial charge in [-0.05, 0) is 24.8 Å². The number of halogens is 4. The summed E-state index contributed by atoms with van der Waals surface area (Å²) in [5.74, 6) is -1.14. The second kappa shape index (κ2) is 10.1. The molecule has 1 aromatic rings. The number of carbonyl (C=O) groups excluding carboxylic acids is 2. The summed E-state index contributed by atoms with van der Waals surface area (Å²) in [6.07, 6.45) is 3.58. The standard InChI is InChI=1S/C16H16Cl4O4/c1-9(2)4-3-7-23-12(21)5-6-13(22)24-16-14(19)10(17)8-11(18)15(16)20/h5-6,8-9H,3-4,7H2,1-2H3/b6-5+. The Hall–Kier alpha value is -0.940. The molecule has 0 aliphatic carbocycles. The van der Waals surface area contributed by atoms with Gasteiger partial charge in [0, 0.05) is 12.2 Å². The molecule has 1 aromatic carbocycles. The lowest BCUT2D eigenvalue weighted by Gasteiger charge is -2.09. The second-order valence-electron chi connectivity index (χ2n) is 5.26. The first kappa shape index (κ1) is 21.1. The zero-order valence-corrected chi connectivity index (χ0v) is 16.1. The van der Waals surface area contributed by atoms with Gasteiger partial charge in [0.2, 0.25) is 0 Å². The lowest BCUT2D eigenvalue weighted by Crippen LogP contribution is -2.08. The van der Waals surface area contributed by atoms with Crippen molar-refractivity contribution in [1.29, 1.82) is 0 Å². The first-order chi connectivity index (χ1) is 11.2. The highest BCUT2D eigenvalue weighted by molar-refractivity contribution is 6.48. The minimum absolute atomic E-state index is 0.0518. The lowest BCUT2D eigenvalue weighted by molar-refractivity contribution is -0.138. The largest absolute Gasteiger partial charge is 0.463 e. The number of hydrogen-bond donors (Lipinski definition) is 0. The van der Waals surface area contributed by atoms with Gasteiger partial charge in [0.25, 0.3) is 0 Å². The number of hydrogen-bond acceptors (Lipinski definition) is 4.